The zero-order valence-corrected chi connectivity index (χ0v) is 13.7. The molecule has 0 aliphatic rings. The SMILES string of the molecule is O=C(Nc1cccc(C(F)(F)F)c1)c1cccc(NC(=O)c2ccco2)c1. The summed E-state index contributed by atoms with van der Waals surface area (Å²) in [5.41, 5.74) is -0.336. The fourth-order valence-corrected chi connectivity index (χ4v) is 2.32. The molecule has 0 aliphatic carbocycles. The van der Waals surface area contributed by atoms with Gasteiger partial charge in [0.15, 0.2) is 5.76 Å². The van der Waals surface area contributed by atoms with Crippen molar-refractivity contribution >= 4 is 23.2 Å². The van der Waals surface area contributed by atoms with Crippen LogP contribution in [0.1, 0.15) is 26.5 Å². The maximum absolute atomic E-state index is 12.8. The van der Waals surface area contributed by atoms with Crippen LogP contribution in [-0.2, 0) is 6.18 Å². The molecule has 0 atom stereocenters. The molecule has 0 spiro atoms. The summed E-state index contributed by atoms with van der Waals surface area (Å²) in [7, 11) is 0. The van der Waals surface area contributed by atoms with Crippen molar-refractivity contribution in [2.75, 3.05) is 10.6 Å². The summed E-state index contributed by atoms with van der Waals surface area (Å²) < 4.78 is 43.3. The Bertz CT molecular complexity index is 966. The van der Waals surface area contributed by atoms with Crippen molar-refractivity contribution in [3.05, 3.63) is 83.8 Å². The molecule has 0 bridgehead atoms. The number of carbonyl (C=O) groups excluding carboxylic acids is 2. The highest BCUT2D eigenvalue weighted by atomic mass is 19.4. The highest BCUT2D eigenvalue weighted by Gasteiger charge is 2.30. The average molecular weight is 374 g/mol. The summed E-state index contributed by atoms with van der Waals surface area (Å²) in [5.74, 6) is -0.993. The lowest BCUT2D eigenvalue weighted by Gasteiger charge is -2.10. The molecule has 138 valence electrons. The van der Waals surface area contributed by atoms with Crippen molar-refractivity contribution in [2.45, 2.75) is 6.18 Å². The topological polar surface area (TPSA) is 71.3 Å². The van der Waals surface area contributed by atoms with Crippen LogP contribution in [0.3, 0.4) is 0 Å². The maximum atomic E-state index is 12.8. The van der Waals surface area contributed by atoms with Gasteiger partial charge in [-0.25, -0.2) is 0 Å². The Hall–Kier alpha value is -3.55. The minimum Gasteiger partial charge on any atom is -0.459 e. The van der Waals surface area contributed by atoms with Gasteiger partial charge in [-0.1, -0.05) is 12.1 Å². The van der Waals surface area contributed by atoms with E-state index < -0.39 is 23.6 Å². The Morgan fingerprint density at radius 2 is 1.48 bits per heavy atom. The van der Waals surface area contributed by atoms with Crippen LogP contribution in [-0.4, -0.2) is 11.8 Å². The van der Waals surface area contributed by atoms with Gasteiger partial charge >= 0.3 is 6.18 Å². The average Bonchev–Trinajstić information content (AvgIpc) is 3.16. The molecule has 3 aromatic rings. The minimum absolute atomic E-state index is 0.0137. The number of amides is 2. The first kappa shape index (κ1) is 18.2. The second-order valence-corrected chi connectivity index (χ2v) is 5.54. The largest absolute Gasteiger partial charge is 0.459 e. The summed E-state index contributed by atoms with van der Waals surface area (Å²) in [6.07, 6.45) is -3.15. The molecule has 0 fully saturated rings. The van der Waals surface area contributed by atoms with Gasteiger partial charge in [0.05, 0.1) is 11.8 Å². The second kappa shape index (κ2) is 7.36. The third-order valence-electron chi connectivity index (χ3n) is 3.58. The number of benzene rings is 2. The molecule has 0 aliphatic heterocycles. The Balaban J connectivity index is 1.73. The van der Waals surface area contributed by atoms with Gasteiger partial charge in [0.2, 0.25) is 0 Å². The van der Waals surface area contributed by atoms with E-state index in [1.165, 1.54) is 36.6 Å². The van der Waals surface area contributed by atoms with Crippen LogP contribution in [0.4, 0.5) is 24.5 Å². The van der Waals surface area contributed by atoms with Gasteiger partial charge in [-0.15, -0.1) is 0 Å². The fourth-order valence-electron chi connectivity index (χ4n) is 2.32. The van der Waals surface area contributed by atoms with Crippen molar-refractivity contribution in [1.29, 1.82) is 0 Å². The van der Waals surface area contributed by atoms with Crippen LogP contribution < -0.4 is 10.6 Å². The van der Waals surface area contributed by atoms with Crippen LogP contribution in [0, 0.1) is 0 Å². The Morgan fingerprint density at radius 3 is 2.15 bits per heavy atom. The summed E-state index contributed by atoms with van der Waals surface area (Å²) in [6.45, 7) is 0. The molecule has 0 saturated heterocycles. The number of carbonyl (C=O) groups is 2. The number of alkyl halides is 3. The van der Waals surface area contributed by atoms with Crippen LogP contribution in [0.25, 0.3) is 0 Å². The molecule has 0 unspecified atom stereocenters. The van der Waals surface area contributed by atoms with Crippen molar-refractivity contribution in [1.82, 2.24) is 0 Å². The summed E-state index contributed by atoms with van der Waals surface area (Å²) in [4.78, 5) is 24.3. The molecule has 2 aromatic carbocycles. The van der Waals surface area contributed by atoms with Crippen LogP contribution in [0.15, 0.2) is 71.3 Å². The molecule has 0 saturated carbocycles. The van der Waals surface area contributed by atoms with E-state index in [1.54, 1.807) is 18.2 Å². The first-order valence-corrected chi connectivity index (χ1v) is 7.76. The van der Waals surface area contributed by atoms with Gasteiger partial charge in [-0.2, -0.15) is 13.2 Å². The normalized spacial score (nSPS) is 11.1. The highest BCUT2D eigenvalue weighted by molar-refractivity contribution is 6.06. The van der Waals surface area contributed by atoms with Crippen LogP contribution in [0.2, 0.25) is 0 Å². The van der Waals surface area contributed by atoms with Gasteiger partial charge < -0.3 is 15.1 Å². The predicted molar refractivity (Wildman–Crippen MR) is 92.5 cm³/mol. The Morgan fingerprint density at radius 1 is 0.815 bits per heavy atom. The molecular weight excluding hydrogens is 361 g/mol. The van der Waals surface area contributed by atoms with Gasteiger partial charge in [-0.05, 0) is 48.5 Å². The number of nitrogens with one attached hydrogen (secondary N) is 2. The third-order valence-corrected chi connectivity index (χ3v) is 3.58. The number of hydrogen-bond donors (Lipinski definition) is 2. The lowest BCUT2D eigenvalue weighted by molar-refractivity contribution is -0.137. The molecule has 2 amide bonds. The van der Waals surface area contributed by atoms with Crippen molar-refractivity contribution < 1.29 is 27.2 Å². The number of anilines is 2. The molecular formula is C19H13F3N2O3. The molecule has 0 radical (unpaired) electrons. The van der Waals surface area contributed by atoms with Crippen molar-refractivity contribution in [3.8, 4) is 0 Å². The quantitative estimate of drug-likeness (QED) is 0.689. The second-order valence-electron chi connectivity index (χ2n) is 5.54. The van der Waals surface area contributed by atoms with E-state index in [-0.39, 0.29) is 17.0 Å². The molecule has 8 heteroatoms. The molecule has 5 nitrogen and oxygen atoms in total. The Labute approximate surface area is 151 Å². The van der Waals surface area contributed by atoms with E-state index in [0.717, 1.165) is 12.1 Å². The van der Waals surface area contributed by atoms with E-state index in [9.17, 15) is 22.8 Å². The molecule has 27 heavy (non-hydrogen) atoms. The van der Waals surface area contributed by atoms with E-state index >= 15 is 0 Å². The minimum atomic E-state index is -4.50. The van der Waals surface area contributed by atoms with Gasteiger partial charge in [0.1, 0.15) is 0 Å². The van der Waals surface area contributed by atoms with E-state index in [2.05, 4.69) is 10.6 Å². The number of rotatable bonds is 4. The number of halogens is 3. The summed E-state index contributed by atoms with van der Waals surface area (Å²) in [5, 5.41) is 4.98. The lowest BCUT2D eigenvalue weighted by Crippen LogP contribution is -2.15. The van der Waals surface area contributed by atoms with Crippen LogP contribution >= 0.6 is 0 Å². The first-order valence-electron chi connectivity index (χ1n) is 7.76. The van der Waals surface area contributed by atoms with E-state index in [0.29, 0.717) is 5.69 Å². The van der Waals surface area contributed by atoms with Gasteiger partial charge in [0, 0.05) is 16.9 Å². The number of hydrogen-bond acceptors (Lipinski definition) is 3. The van der Waals surface area contributed by atoms with Gasteiger partial charge in [-0.3, -0.25) is 9.59 Å². The lowest BCUT2D eigenvalue weighted by atomic mass is 10.1. The van der Waals surface area contributed by atoms with Crippen molar-refractivity contribution in [2.24, 2.45) is 0 Å². The zero-order valence-electron chi connectivity index (χ0n) is 13.7. The molecule has 1 heterocycles. The van der Waals surface area contributed by atoms with Crippen LogP contribution in [0.5, 0.6) is 0 Å². The van der Waals surface area contributed by atoms with Gasteiger partial charge in [0.25, 0.3) is 11.8 Å². The fraction of sp³-hybridized carbons (Fsp3) is 0.0526. The summed E-state index contributed by atoms with van der Waals surface area (Å²) >= 11 is 0. The number of furan rings is 1. The predicted octanol–water partition coefficient (Wildman–Crippen LogP) is 4.80. The van der Waals surface area contributed by atoms with E-state index in [4.69, 9.17) is 4.42 Å². The standard InChI is InChI=1S/C19H13F3N2O3/c20-19(21,22)13-5-2-7-15(11-13)23-17(25)12-4-1-6-14(10-12)24-18(26)16-8-3-9-27-16/h1-11H,(H,23,25)(H,24,26). The summed E-state index contributed by atoms with van der Waals surface area (Å²) in [6, 6.07) is 13.4. The maximum Gasteiger partial charge on any atom is 0.416 e. The zero-order chi connectivity index (χ0) is 19.4. The van der Waals surface area contributed by atoms with E-state index in [1.807, 2.05) is 0 Å². The highest BCUT2D eigenvalue weighted by Crippen LogP contribution is 2.30. The first-order chi connectivity index (χ1) is 12.8. The monoisotopic (exact) mass is 374 g/mol. The molecule has 2 N–H and O–H groups in total. The smallest absolute Gasteiger partial charge is 0.416 e. The Kier molecular flexibility index (Phi) is 4.98. The molecule has 1 aromatic heterocycles. The molecule has 3 rings (SSSR count). The third kappa shape index (κ3) is 4.55. The van der Waals surface area contributed by atoms with Crippen molar-refractivity contribution in [3.63, 3.8) is 0 Å².